The third-order valence-corrected chi connectivity index (χ3v) is 5.05. The van der Waals surface area contributed by atoms with Gasteiger partial charge in [0, 0.05) is 25.7 Å². The van der Waals surface area contributed by atoms with Crippen molar-refractivity contribution in [1.29, 1.82) is 0 Å². The Hall–Kier alpha value is -0.650. The molecule has 0 spiro atoms. The van der Waals surface area contributed by atoms with Crippen LogP contribution in [-0.2, 0) is 9.53 Å². The summed E-state index contributed by atoms with van der Waals surface area (Å²) < 4.78 is 5.08. The van der Waals surface area contributed by atoms with Crippen LogP contribution in [0.5, 0.6) is 0 Å². The normalized spacial score (nSPS) is 30.5. The Labute approximate surface area is 122 Å². The minimum absolute atomic E-state index is 0.108. The second-order valence-electron chi connectivity index (χ2n) is 6.69. The van der Waals surface area contributed by atoms with Gasteiger partial charge in [0.25, 0.3) is 0 Å². The van der Waals surface area contributed by atoms with Crippen molar-refractivity contribution in [2.24, 2.45) is 11.8 Å². The highest BCUT2D eigenvalue weighted by molar-refractivity contribution is 5.82. The second kappa shape index (κ2) is 6.00. The Bertz CT molecular complexity index is 357. The highest BCUT2D eigenvalue weighted by atomic mass is 16.5. The van der Waals surface area contributed by atoms with E-state index in [1.807, 2.05) is 7.05 Å². The summed E-state index contributed by atoms with van der Waals surface area (Å²) in [6, 6.07) is 0.571. The topological polar surface area (TPSA) is 44.8 Å². The van der Waals surface area contributed by atoms with E-state index in [1.165, 1.54) is 7.11 Å². The monoisotopic (exact) mass is 283 g/mol. The van der Waals surface area contributed by atoms with Crippen molar-refractivity contribution in [2.45, 2.75) is 31.3 Å². The molecule has 5 heteroatoms. The fourth-order valence-electron chi connectivity index (χ4n) is 3.71. The summed E-state index contributed by atoms with van der Waals surface area (Å²) in [6.07, 6.45) is 2.24. The summed E-state index contributed by atoms with van der Waals surface area (Å²) >= 11 is 0. The first-order valence-corrected chi connectivity index (χ1v) is 7.60. The highest BCUT2D eigenvalue weighted by Crippen LogP contribution is 2.41. The average molecular weight is 283 g/mol. The molecule has 3 atom stereocenters. The fraction of sp³-hybridized carbons (Fsp3) is 0.933. The van der Waals surface area contributed by atoms with E-state index >= 15 is 0 Å². The van der Waals surface area contributed by atoms with E-state index in [2.05, 4.69) is 36.1 Å². The summed E-state index contributed by atoms with van der Waals surface area (Å²) in [5.74, 6) is 0.952. The molecular formula is C15H29N3O2. The van der Waals surface area contributed by atoms with Crippen LogP contribution < -0.4 is 5.32 Å². The molecule has 0 aromatic heterocycles. The Morgan fingerprint density at radius 1 is 1.40 bits per heavy atom. The number of esters is 1. The number of likely N-dealkylation sites (tertiary alicyclic amines) is 1. The van der Waals surface area contributed by atoms with Gasteiger partial charge in [-0.3, -0.25) is 4.90 Å². The molecular weight excluding hydrogens is 254 g/mol. The standard InChI is InChI=1S/C15H29N3O2/c1-11-8-18(9-13(11)17(3)4)10-15(16-2,12-6-7-12)14(19)20-5/h11-13,16H,6-10H2,1-5H3. The zero-order chi connectivity index (χ0) is 14.9. The molecule has 1 aliphatic carbocycles. The molecule has 1 N–H and O–H groups in total. The molecule has 0 bridgehead atoms. The Kier molecular flexibility index (Phi) is 4.72. The van der Waals surface area contributed by atoms with Gasteiger partial charge >= 0.3 is 5.97 Å². The van der Waals surface area contributed by atoms with Crippen molar-refractivity contribution < 1.29 is 9.53 Å². The minimum Gasteiger partial charge on any atom is -0.468 e. The molecule has 1 heterocycles. The molecule has 0 aromatic carbocycles. The highest BCUT2D eigenvalue weighted by Gasteiger charge is 2.52. The zero-order valence-electron chi connectivity index (χ0n) is 13.5. The van der Waals surface area contributed by atoms with Crippen molar-refractivity contribution in [2.75, 3.05) is 47.9 Å². The predicted molar refractivity (Wildman–Crippen MR) is 79.6 cm³/mol. The molecule has 1 aliphatic heterocycles. The van der Waals surface area contributed by atoms with Crippen LogP contribution in [0.4, 0.5) is 0 Å². The molecule has 3 unspecified atom stereocenters. The van der Waals surface area contributed by atoms with E-state index in [0.717, 1.165) is 32.5 Å². The smallest absolute Gasteiger partial charge is 0.327 e. The van der Waals surface area contributed by atoms with E-state index < -0.39 is 5.54 Å². The average Bonchev–Trinajstić information content (AvgIpc) is 3.19. The van der Waals surface area contributed by atoms with E-state index in [4.69, 9.17) is 4.74 Å². The first-order valence-electron chi connectivity index (χ1n) is 7.60. The first kappa shape index (κ1) is 15.7. The summed E-state index contributed by atoms with van der Waals surface area (Å²) in [5, 5.41) is 3.28. The predicted octanol–water partition coefficient (Wildman–Crippen LogP) is 0.410. The van der Waals surface area contributed by atoms with Crippen LogP contribution in [-0.4, -0.2) is 75.2 Å². The lowest BCUT2D eigenvalue weighted by Crippen LogP contribution is -2.60. The Morgan fingerprint density at radius 3 is 2.45 bits per heavy atom. The summed E-state index contributed by atoms with van der Waals surface area (Å²) in [5.41, 5.74) is -0.518. The van der Waals surface area contributed by atoms with E-state index in [1.54, 1.807) is 0 Å². The number of methoxy groups -OCH3 is 1. The molecule has 2 aliphatic rings. The second-order valence-corrected chi connectivity index (χ2v) is 6.69. The van der Waals surface area contributed by atoms with E-state index in [-0.39, 0.29) is 5.97 Å². The van der Waals surface area contributed by atoms with Crippen LogP contribution in [0, 0.1) is 11.8 Å². The fourth-order valence-corrected chi connectivity index (χ4v) is 3.71. The molecule has 2 rings (SSSR count). The van der Waals surface area contributed by atoms with Crippen molar-refractivity contribution in [3.63, 3.8) is 0 Å². The van der Waals surface area contributed by atoms with Crippen LogP contribution >= 0.6 is 0 Å². The van der Waals surface area contributed by atoms with Gasteiger partial charge in [0.15, 0.2) is 0 Å². The molecule has 20 heavy (non-hydrogen) atoms. The molecule has 0 radical (unpaired) electrons. The molecule has 5 nitrogen and oxygen atoms in total. The quantitative estimate of drug-likeness (QED) is 0.715. The molecule has 0 aromatic rings. The Morgan fingerprint density at radius 2 is 2.05 bits per heavy atom. The molecule has 2 fully saturated rings. The number of carbonyl (C=O) groups is 1. The van der Waals surface area contributed by atoms with Crippen molar-refractivity contribution in [1.82, 2.24) is 15.1 Å². The Balaban J connectivity index is 2.08. The van der Waals surface area contributed by atoms with Crippen LogP contribution in [0.2, 0.25) is 0 Å². The van der Waals surface area contributed by atoms with Gasteiger partial charge < -0.3 is 15.0 Å². The number of nitrogens with one attached hydrogen (secondary N) is 1. The summed E-state index contributed by atoms with van der Waals surface area (Å²) in [6.45, 7) is 5.13. The molecule has 1 saturated carbocycles. The molecule has 1 saturated heterocycles. The lowest BCUT2D eigenvalue weighted by Gasteiger charge is -2.35. The summed E-state index contributed by atoms with van der Waals surface area (Å²) in [7, 11) is 7.65. The van der Waals surface area contributed by atoms with Crippen LogP contribution in [0.25, 0.3) is 0 Å². The largest absolute Gasteiger partial charge is 0.468 e. The first-order chi connectivity index (χ1) is 9.44. The number of hydrogen-bond donors (Lipinski definition) is 1. The SMILES string of the molecule is CNC(CN1CC(C)C(N(C)C)C1)(C(=O)OC)C1CC1. The van der Waals surface area contributed by atoms with Crippen molar-refractivity contribution in [3.8, 4) is 0 Å². The maximum absolute atomic E-state index is 12.3. The third kappa shape index (κ3) is 2.85. The van der Waals surface area contributed by atoms with Crippen LogP contribution in [0.3, 0.4) is 0 Å². The molecule has 0 amide bonds. The summed E-state index contributed by atoms with van der Waals surface area (Å²) in [4.78, 5) is 17.0. The van der Waals surface area contributed by atoms with Gasteiger partial charge in [0.05, 0.1) is 7.11 Å². The van der Waals surface area contributed by atoms with Gasteiger partial charge in [-0.25, -0.2) is 4.79 Å². The minimum atomic E-state index is -0.518. The van der Waals surface area contributed by atoms with Gasteiger partial charge in [-0.1, -0.05) is 6.92 Å². The lowest BCUT2D eigenvalue weighted by atomic mass is 9.92. The molecule has 116 valence electrons. The van der Waals surface area contributed by atoms with E-state index in [0.29, 0.717) is 17.9 Å². The zero-order valence-corrected chi connectivity index (χ0v) is 13.5. The van der Waals surface area contributed by atoms with Crippen LogP contribution in [0.15, 0.2) is 0 Å². The third-order valence-electron chi connectivity index (χ3n) is 5.05. The number of nitrogens with zero attached hydrogens (tertiary/aromatic N) is 2. The van der Waals surface area contributed by atoms with Gasteiger partial charge in [-0.05, 0) is 45.8 Å². The number of hydrogen-bond acceptors (Lipinski definition) is 5. The number of rotatable bonds is 6. The van der Waals surface area contributed by atoms with Gasteiger partial charge in [0.1, 0.15) is 5.54 Å². The van der Waals surface area contributed by atoms with Crippen LogP contribution in [0.1, 0.15) is 19.8 Å². The maximum atomic E-state index is 12.3. The lowest BCUT2D eigenvalue weighted by molar-refractivity contribution is -0.150. The number of ether oxygens (including phenoxy) is 1. The van der Waals surface area contributed by atoms with Gasteiger partial charge in [-0.15, -0.1) is 0 Å². The maximum Gasteiger partial charge on any atom is 0.327 e. The van der Waals surface area contributed by atoms with Gasteiger partial charge in [0.2, 0.25) is 0 Å². The van der Waals surface area contributed by atoms with E-state index in [9.17, 15) is 4.79 Å². The van der Waals surface area contributed by atoms with Crippen molar-refractivity contribution >= 4 is 5.97 Å². The van der Waals surface area contributed by atoms with Crippen molar-refractivity contribution in [3.05, 3.63) is 0 Å². The number of likely N-dealkylation sites (N-methyl/N-ethyl adjacent to an activating group) is 2. The van der Waals surface area contributed by atoms with Gasteiger partial charge in [-0.2, -0.15) is 0 Å². The number of carbonyl (C=O) groups excluding carboxylic acids is 1.